The van der Waals surface area contributed by atoms with Crippen molar-refractivity contribution in [2.24, 2.45) is 0 Å². The number of fused-ring (bicyclic) bond motifs is 2. The molecule has 0 radical (unpaired) electrons. The lowest BCUT2D eigenvalue weighted by Crippen LogP contribution is -2.47. The van der Waals surface area contributed by atoms with Crippen LogP contribution in [0.15, 0.2) is 35.1 Å². The van der Waals surface area contributed by atoms with Crippen LogP contribution >= 0.6 is 0 Å². The van der Waals surface area contributed by atoms with Crippen LogP contribution in [0.2, 0.25) is 0 Å². The third-order valence-corrected chi connectivity index (χ3v) is 6.12. The number of hydrogen-bond donors (Lipinski definition) is 1. The molecule has 0 unspecified atom stereocenters. The highest BCUT2D eigenvalue weighted by Gasteiger charge is 2.31. The quantitative estimate of drug-likeness (QED) is 0.698. The third-order valence-electron chi connectivity index (χ3n) is 6.12. The lowest BCUT2D eigenvalue weighted by molar-refractivity contribution is 0.0655. The molecule has 3 heterocycles. The van der Waals surface area contributed by atoms with Gasteiger partial charge in [-0.15, -0.1) is 0 Å². The zero-order valence-electron chi connectivity index (χ0n) is 17.3. The number of likely N-dealkylation sites (N-methyl/N-ethyl adjacent to an activating group) is 1. The van der Waals surface area contributed by atoms with Gasteiger partial charge in [0, 0.05) is 44.4 Å². The summed E-state index contributed by atoms with van der Waals surface area (Å²) in [5.41, 5.74) is 1.51. The van der Waals surface area contributed by atoms with E-state index in [0.29, 0.717) is 53.9 Å². The van der Waals surface area contributed by atoms with Crippen LogP contribution in [0.25, 0.3) is 10.8 Å². The van der Waals surface area contributed by atoms with E-state index in [0.717, 1.165) is 18.7 Å². The van der Waals surface area contributed by atoms with Crippen molar-refractivity contribution in [3.63, 3.8) is 0 Å². The molecule has 2 aromatic carbocycles. The summed E-state index contributed by atoms with van der Waals surface area (Å²) >= 11 is 0. The van der Waals surface area contributed by atoms with E-state index in [1.54, 1.807) is 29.2 Å². The lowest BCUT2D eigenvalue weighted by atomic mass is 9.97. The fourth-order valence-electron chi connectivity index (χ4n) is 4.35. The molecule has 0 saturated carbocycles. The average Bonchev–Trinajstić information content (AvgIpc) is 3.24. The Bertz CT molecular complexity index is 1230. The Balaban J connectivity index is 1.57. The van der Waals surface area contributed by atoms with Gasteiger partial charge in [0.05, 0.1) is 17.7 Å². The Kier molecular flexibility index (Phi) is 4.94. The minimum absolute atomic E-state index is 0.0169. The number of rotatable bonds is 3. The van der Waals surface area contributed by atoms with Crippen molar-refractivity contribution in [2.75, 3.05) is 39.8 Å². The predicted molar refractivity (Wildman–Crippen MR) is 114 cm³/mol. The maximum atomic E-state index is 15.7. The van der Waals surface area contributed by atoms with Gasteiger partial charge in [-0.05, 0) is 30.3 Å². The molecule has 1 N–H and O–H groups in total. The Morgan fingerprint density at radius 3 is 2.71 bits per heavy atom. The molecule has 0 spiro atoms. The number of halogens is 1. The van der Waals surface area contributed by atoms with E-state index in [1.165, 1.54) is 0 Å². The molecule has 8 heteroatoms. The average molecular weight is 422 g/mol. The number of carbonyl (C=O) groups excluding carboxylic acids is 1. The van der Waals surface area contributed by atoms with Crippen LogP contribution in [0.3, 0.4) is 0 Å². The van der Waals surface area contributed by atoms with Crippen molar-refractivity contribution in [1.29, 1.82) is 0 Å². The van der Waals surface area contributed by atoms with Crippen LogP contribution in [-0.2, 0) is 12.8 Å². The second kappa shape index (κ2) is 7.77. The van der Waals surface area contributed by atoms with Crippen molar-refractivity contribution < 1.29 is 13.9 Å². The van der Waals surface area contributed by atoms with E-state index in [2.05, 4.69) is 15.1 Å². The first-order valence-electron chi connectivity index (χ1n) is 10.4. The second-order valence-corrected chi connectivity index (χ2v) is 8.13. The van der Waals surface area contributed by atoms with Gasteiger partial charge in [-0.3, -0.25) is 9.59 Å². The van der Waals surface area contributed by atoms with Crippen molar-refractivity contribution in [3.8, 4) is 5.75 Å². The van der Waals surface area contributed by atoms with Gasteiger partial charge >= 0.3 is 0 Å². The number of nitrogens with one attached hydrogen (secondary N) is 1. The van der Waals surface area contributed by atoms with E-state index in [9.17, 15) is 9.59 Å². The molecule has 31 heavy (non-hydrogen) atoms. The first kappa shape index (κ1) is 19.7. The summed E-state index contributed by atoms with van der Waals surface area (Å²) in [5, 5.41) is 7.85. The smallest absolute Gasteiger partial charge is 0.272 e. The molecule has 2 aliphatic rings. The van der Waals surface area contributed by atoms with Crippen LogP contribution in [0.5, 0.6) is 5.75 Å². The number of benzene rings is 2. The number of piperazine rings is 1. The summed E-state index contributed by atoms with van der Waals surface area (Å²) in [4.78, 5) is 29.2. The van der Waals surface area contributed by atoms with Crippen LogP contribution in [0.1, 0.15) is 27.2 Å². The molecule has 0 aliphatic carbocycles. The molecule has 1 aromatic heterocycles. The highest BCUT2D eigenvalue weighted by molar-refractivity contribution is 5.98. The predicted octanol–water partition coefficient (Wildman–Crippen LogP) is 1.98. The van der Waals surface area contributed by atoms with E-state index < -0.39 is 5.82 Å². The molecule has 160 valence electrons. The first-order valence-corrected chi connectivity index (χ1v) is 10.4. The molecular formula is C23H23FN4O3. The molecule has 3 aromatic rings. The fourth-order valence-corrected chi connectivity index (χ4v) is 4.35. The standard InChI is InChI=1S/C23H23FN4O3/c1-27-7-9-28(10-8-27)23(30)19-20(24)15(12-14-6-11-31-21(14)19)13-18-16-4-2-3-5-17(16)22(29)26-25-18/h2-5,12H,6-11,13H2,1H3,(H,26,29). The molecular weight excluding hydrogens is 399 g/mol. The maximum Gasteiger partial charge on any atom is 0.272 e. The van der Waals surface area contributed by atoms with Gasteiger partial charge in [-0.2, -0.15) is 5.10 Å². The van der Waals surface area contributed by atoms with E-state index in [-0.39, 0.29) is 23.5 Å². The van der Waals surface area contributed by atoms with Gasteiger partial charge in [-0.1, -0.05) is 18.2 Å². The normalized spacial score (nSPS) is 16.4. The Hall–Kier alpha value is -3.26. The molecule has 5 rings (SSSR count). The van der Waals surface area contributed by atoms with Gasteiger partial charge < -0.3 is 14.5 Å². The number of nitrogens with zero attached hydrogens (tertiary/aromatic N) is 3. The molecule has 7 nitrogen and oxygen atoms in total. The third kappa shape index (κ3) is 3.46. The van der Waals surface area contributed by atoms with Crippen molar-refractivity contribution >= 4 is 16.7 Å². The molecule has 0 bridgehead atoms. The zero-order valence-corrected chi connectivity index (χ0v) is 17.3. The number of H-pyrrole nitrogens is 1. The van der Waals surface area contributed by atoms with Crippen LogP contribution in [-0.4, -0.2) is 65.7 Å². The number of ether oxygens (including phenoxy) is 1. The number of amides is 1. The Morgan fingerprint density at radius 2 is 1.94 bits per heavy atom. The topological polar surface area (TPSA) is 78.5 Å². The molecule has 0 atom stereocenters. The largest absolute Gasteiger partial charge is 0.492 e. The van der Waals surface area contributed by atoms with Crippen LogP contribution in [0.4, 0.5) is 4.39 Å². The summed E-state index contributed by atoms with van der Waals surface area (Å²) in [6.45, 7) is 3.05. The summed E-state index contributed by atoms with van der Waals surface area (Å²) < 4.78 is 21.4. The minimum atomic E-state index is -0.568. The molecule has 1 saturated heterocycles. The van der Waals surface area contributed by atoms with Gasteiger partial charge in [0.25, 0.3) is 11.5 Å². The minimum Gasteiger partial charge on any atom is -0.492 e. The fraction of sp³-hybridized carbons (Fsp3) is 0.348. The van der Waals surface area contributed by atoms with Gasteiger partial charge in [0.1, 0.15) is 17.1 Å². The monoisotopic (exact) mass is 422 g/mol. The number of aromatic amines is 1. The van der Waals surface area contributed by atoms with Gasteiger partial charge in [0.15, 0.2) is 0 Å². The Labute approximate surface area is 178 Å². The number of carbonyl (C=O) groups is 1. The zero-order chi connectivity index (χ0) is 21.5. The highest BCUT2D eigenvalue weighted by atomic mass is 19.1. The van der Waals surface area contributed by atoms with Crippen LogP contribution < -0.4 is 10.3 Å². The van der Waals surface area contributed by atoms with Crippen LogP contribution in [0, 0.1) is 5.82 Å². The SMILES string of the molecule is CN1CCN(C(=O)c2c(F)c(Cc3n[nH]c(=O)c4ccccc34)cc3c2OCC3)CC1. The lowest BCUT2D eigenvalue weighted by Gasteiger charge is -2.32. The summed E-state index contributed by atoms with van der Waals surface area (Å²) in [6.07, 6.45) is 0.796. The van der Waals surface area contributed by atoms with Gasteiger partial charge in [-0.25, -0.2) is 9.49 Å². The maximum absolute atomic E-state index is 15.7. The first-order chi connectivity index (χ1) is 15.0. The summed E-state index contributed by atoms with van der Waals surface area (Å²) in [5.74, 6) is -0.531. The van der Waals surface area contributed by atoms with Gasteiger partial charge in [0.2, 0.25) is 0 Å². The Morgan fingerprint density at radius 1 is 1.19 bits per heavy atom. The molecule has 1 fully saturated rings. The van der Waals surface area contributed by atoms with E-state index in [4.69, 9.17) is 4.74 Å². The van der Waals surface area contributed by atoms with E-state index >= 15 is 4.39 Å². The summed E-state index contributed by atoms with van der Waals surface area (Å²) in [6, 6.07) is 8.88. The summed E-state index contributed by atoms with van der Waals surface area (Å²) in [7, 11) is 2.01. The van der Waals surface area contributed by atoms with Crippen molar-refractivity contribution in [3.05, 3.63) is 68.9 Å². The number of aromatic nitrogens is 2. The molecule has 1 amide bonds. The molecule has 2 aliphatic heterocycles. The number of hydrogen-bond acceptors (Lipinski definition) is 5. The highest BCUT2D eigenvalue weighted by Crippen LogP contribution is 2.35. The van der Waals surface area contributed by atoms with E-state index in [1.807, 2.05) is 13.1 Å². The van der Waals surface area contributed by atoms with Crippen molar-refractivity contribution in [1.82, 2.24) is 20.0 Å². The second-order valence-electron chi connectivity index (χ2n) is 8.13. The van der Waals surface area contributed by atoms with Crippen molar-refractivity contribution in [2.45, 2.75) is 12.8 Å².